The molecule has 0 N–H and O–H groups in total. The summed E-state index contributed by atoms with van der Waals surface area (Å²) < 4.78 is 0. The Hall–Kier alpha value is -0.660. The zero-order valence-corrected chi connectivity index (χ0v) is 5.68. The second-order valence-electron chi connectivity index (χ2n) is 1.89. The van der Waals surface area contributed by atoms with Crippen LogP contribution in [0.1, 0.15) is 13.8 Å². The molecule has 0 heterocycles. The lowest BCUT2D eigenvalue weighted by Crippen LogP contribution is -2.02. The van der Waals surface area contributed by atoms with E-state index in [1.54, 1.807) is 7.05 Å². The van der Waals surface area contributed by atoms with Crippen LogP contribution in [0.4, 0.5) is 0 Å². The summed E-state index contributed by atoms with van der Waals surface area (Å²) in [5, 5.41) is 0. The fraction of sp³-hybridized carbons (Fsp3) is 0.667. The Balaban J connectivity index is 3.91. The zero-order chi connectivity index (χ0) is 6.57. The van der Waals surface area contributed by atoms with Crippen molar-refractivity contribution in [2.45, 2.75) is 13.8 Å². The molecule has 0 saturated carbocycles. The summed E-state index contributed by atoms with van der Waals surface area (Å²) in [6.07, 6.45) is 0. The van der Waals surface area contributed by atoms with E-state index in [0.29, 0.717) is 5.92 Å². The minimum absolute atomic E-state index is 0.400. The second-order valence-corrected chi connectivity index (χ2v) is 1.89. The third-order valence-corrected chi connectivity index (χ3v) is 0.907. The first-order chi connectivity index (χ1) is 3.72. The molecule has 0 saturated heterocycles. The Morgan fingerprint density at radius 2 is 2.00 bits per heavy atom. The van der Waals surface area contributed by atoms with Crippen LogP contribution in [-0.4, -0.2) is 19.6 Å². The number of hydrogen-bond donors (Lipinski definition) is 0. The third kappa shape index (κ3) is 1.87. The van der Waals surface area contributed by atoms with Gasteiger partial charge < -0.3 is 0 Å². The van der Waals surface area contributed by atoms with Crippen molar-refractivity contribution < 1.29 is 0 Å². The predicted octanol–water partition coefficient (Wildman–Crippen LogP) is 1.37. The van der Waals surface area contributed by atoms with E-state index in [1.165, 1.54) is 0 Å². The highest BCUT2D eigenvalue weighted by molar-refractivity contribution is 5.87. The maximum atomic E-state index is 3.89. The molecule has 0 atom stereocenters. The van der Waals surface area contributed by atoms with Gasteiger partial charge in [-0.2, -0.15) is 0 Å². The first-order valence-corrected chi connectivity index (χ1v) is 2.65. The molecule has 0 amide bonds. The SMILES string of the molecule is C=N/C(=N\C)C(C)C. The van der Waals surface area contributed by atoms with Crippen LogP contribution in [0.15, 0.2) is 9.98 Å². The molecule has 2 nitrogen and oxygen atoms in total. The molecule has 0 bridgehead atoms. The van der Waals surface area contributed by atoms with Crippen molar-refractivity contribution in [1.29, 1.82) is 0 Å². The van der Waals surface area contributed by atoms with E-state index >= 15 is 0 Å². The molecule has 8 heavy (non-hydrogen) atoms. The van der Waals surface area contributed by atoms with Crippen molar-refractivity contribution in [3.05, 3.63) is 0 Å². The summed E-state index contributed by atoms with van der Waals surface area (Å²) in [6.45, 7) is 7.45. The Morgan fingerprint density at radius 1 is 1.50 bits per heavy atom. The average molecular weight is 112 g/mol. The lowest BCUT2D eigenvalue weighted by atomic mass is 10.2. The van der Waals surface area contributed by atoms with Gasteiger partial charge in [0.2, 0.25) is 0 Å². The van der Waals surface area contributed by atoms with E-state index in [-0.39, 0.29) is 0 Å². The molecule has 0 aromatic rings. The van der Waals surface area contributed by atoms with Gasteiger partial charge in [0, 0.05) is 13.0 Å². The van der Waals surface area contributed by atoms with Crippen LogP contribution < -0.4 is 0 Å². The van der Waals surface area contributed by atoms with E-state index in [2.05, 4.69) is 16.7 Å². The van der Waals surface area contributed by atoms with Crippen molar-refractivity contribution >= 4 is 12.6 Å². The Labute approximate surface area is 50.4 Å². The molecule has 0 aliphatic carbocycles. The fourth-order valence-corrected chi connectivity index (χ4v) is 0.511. The molecule has 0 rings (SSSR count). The van der Waals surface area contributed by atoms with Crippen LogP contribution in [0.3, 0.4) is 0 Å². The van der Waals surface area contributed by atoms with Crippen LogP contribution in [0.25, 0.3) is 0 Å². The van der Waals surface area contributed by atoms with Gasteiger partial charge in [-0.1, -0.05) is 13.8 Å². The molecular weight excluding hydrogens is 100 g/mol. The van der Waals surface area contributed by atoms with Crippen molar-refractivity contribution in [1.82, 2.24) is 0 Å². The number of amidine groups is 1. The molecule has 0 spiro atoms. The Kier molecular flexibility index (Phi) is 3.08. The summed E-state index contributed by atoms with van der Waals surface area (Å²) in [5.41, 5.74) is 0. The van der Waals surface area contributed by atoms with Gasteiger partial charge in [-0.15, -0.1) is 0 Å². The van der Waals surface area contributed by atoms with Gasteiger partial charge in [-0.3, -0.25) is 4.99 Å². The largest absolute Gasteiger partial charge is 0.274 e. The van der Waals surface area contributed by atoms with Gasteiger partial charge in [0.1, 0.15) is 5.84 Å². The molecule has 46 valence electrons. The normalized spacial score (nSPS) is 12.2. The van der Waals surface area contributed by atoms with Crippen molar-refractivity contribution in [3.63, 3.8) is 0 Å². The standard InChI is InChI=1S/C6H12N2/c1-5(2)6(7-3)8-4/h5H,3H2,1-2,4H3/b8-6-. The first kappa shape index (κ1) is 7.34. The van der Waals surface area contributed by atoms with Gasteiger partial charge in [-0.25, -0.2) is 4.99 Å². The van der Waals surface area contributed by atoms with E-state index in [0.717, 1.165) is 5.84 Å². The lowest BCUT2D eigenvalue weighted by molar-refractivity contribution is 0.871. The number of nitrogens with zero attached hydrogens (tertiary/aromatic N) is 2. The molecular formula is C6H12N2. The molecule has 0 fully saturated rings. The summed E-state index contributed by atoms with van der Waals surface area (Å²) in [5.74, 6) is 1.22. The summed E-state index contributed by atoms with van der Waals surface area (Å²) in [4.78, 5) is 7.60. The maximum absolute atomic E-state index is 3.89. The molecule has 0 aliphatic rings. The fourth-order valence-electron chi connectivity index (χ4n) is 0.511. The minimum Gasteiger partial charge on any atom is -0.274 e. The summed E-state index contributed by atoms with van der Waals surface area (Å²) in [6, 6.07) is 0. The van der Waals surface area contributed by atoms with E-state index in [1.807, 2.05) is 13.8 Å². The van der Waals surface area contributed by atoms with Crippen LogP contribution in [0.5, 0.6) is 0 Å². The highest BCUT2D eigenvalue weighted by Gasteiger charge is 1.97. The zero-order valence-electron chi connectivity index (χ0n) is 5.68. The van der Waals surface area contributed by atoms with Crippen molar-refractivity contribution in [2.75, 3.05) is 7.05 Å². The highest BCUT2D eigenvalue weighted by atomic mass is 14.9. The van der Waals surface area contributed by atoms with Crippen molar-refractivity contribution in [3.8, 4) is 0 Å². The van der Waals surface area contributed by atoms with Gasteiger partial charge >= 0.3 is 0 Å². The van der Waals surface area contributed by atoms with Crippen LogP contribution >= 0.6 is 0 Å². The Morgan fingerprint density at radius 3 is 2.00 bits per heavy atom. The number of aliphatic imine (C=N–C) groups is 2. The van der Waals surface area contributed by atoms with Gasteiger partial charge in [-0.05, 0) is 6.72 Å². The molecule has 0 aromatic heterocycles. The smallest absolute Gasteiger partial charge is 0.124 e. The van der Waals surface area contributed by atoms with Crippen molar-refractivity contribution in [2.24, 2.45) is 15.9 Å². The monoisotopic (exact) mass is 112 g/mol. The number of hydrogen-bond acceptors (Lipinski definition) is 1. The average Bonchev–Trinajstić information content (AvgIpc) is 1.69. The quantitative estimate of drug-likeness (QED) is 0.361. The molecule has 0 aromatic carbocycles. The topological polar surface area (TPSA) is 24.7 Å². The van der Waals surface area contributed by atoms with E-state index in [9.17, 15) is 0 Å². The van der Waals surface area contributed by atoms with E-state index < -0.39 is 0 Å². The lowest BCUT2D eigenvalue weighted by Gasteiger charge is -1.99. The van der Waals surface area contributed by atoms with Crippen LogP contribution in [-0.2, 0) is 0 Å². The summed E-state index contributed by atoms with van der Waals surface area (Å²) in [7, 11) is 1.73. The predicted molar refractivity (Wildman–Crippen MR) is 37.7 cm³/mol. The Bertz CT molecular complexity index is 103. The van der Waals surface area contributed by atoms with Gasteiger partial charge in [0.25, 0.3) is 0 Å². The summed E-state index contributed by atoms with van der Waals surface area (Å²) >= 11 is 0. The van der Waals surface area contributed by atoms with Gasteiger partial charge in [0.15, 0.2) is 0 Å². The van der Waals surface area contributed by atoms with Crippen LogP contribution in [0, 0.1) is 5.92 Å². The molecule has 0 aliphatic heterocycles. The van der Waals surface area contributed by atoms with Crippen LogP contribution in [0.2, 0.25) is 0 Å². The second kappa shape index (κ2) is 3.36. The van der Waals surface area contributed by atoms with E-state index in [4.69, 9.17) is 0 Å². The van der Waals surface area contributed by atoms with Gasteiger partial charge in [0.05, 0.1) is 0 Å². The molecule has 0 unspecified atom stereocenters. The molecule has 0 radical (unpaired) electrons. The highest BCUT2D eigenvalue weighted by Crippen LogP contribution is 1.95. The third-order valence-electron chi connectivity index (χ3n) is 0.907. The minimum atomic E-state index is 0.400. The maximum Gasteiger partial charge on any atom is 0.124 e. The molecule has 2 heteroatoms. The first-order valence-electron chi connectivity index (χ1n) is 2.65. The number of rotatable bonds is 1.